The highest BCUT2D eigenvalue weighted by atomic mass is 32.1. The maximum atomic E-state index is 4.58. The average molecular weight is 253 g/mol. The Labute approximate surface area is 108 Å². The van der Waals surface area contributed by atoms with Gasteiger partial charge in [0.25, 0.3) is 0 Å². The summed E-state index contributed by atoms with van der Waals surface area (Å²) in [5.74, 6) is 0.531. The molecule has 0 bridgehead atoms. The molecule has 0 radical (unpaired) electrons. The van der Waals surface area contributed by atoms with Crippen LogP contribution in [-0.4, -0.2) is 36.1 Å². The molecule has 96 valence electrons. The molecule has 1 N–H and O–H groups in total. The van der Waals surface area contributed by atoms with Gasteiger partial charge in [0, 0.05) is 18.5 Å². The predicted octanol–water partition coefficient (Wildman–Crippen LogP) is 3.16. The van der Waals surface area contributed by atoms with Crippen LogP contribution < -0.4 is 5.32 Å². The Kier molecular flexibility index (Phi) is 4.80. The van der Waals surface area contributed by atoms with E-state index in [2.05, 4.69) is 34.4 Å². The van der Waals surface area contributed by atoms with Crippen LogP contribution in [0.15, 0.2) is 5.38 Å². The van der Waals surface area contributed by atoms with Gasteiger partial charge in [-0.1, -0.05) is 20.3 Å². The van der Waals surface area contributed by atoms with E-state index in [0.717, 1.165) is 18.2 Å². The molecular weight excluding hydrogens is 230 g/mol. The Morgan fingerprint density at radius 1 is 1.35 bits per heavy atom. The molecule has 0 saturated carbocycles. The van der Waals surface area contributed by atoms with Crippen LogP contribution in [0.1, 0.15) is 44.7 Å². The number of nitrogens with one attached hydrogen (secondary N) is 1. The topological polar surface area (TPSA) is 28.2 Å². The molecule has 3 nitrogen and oxygen atoms in total. The number of hydrogen-bond acceptors (Lipinski definition) is 4. The lowest BCUT2D eigenvalue weighted by Crippen LogP contribution is -2.33. The largest absolute Gasteiger partial charge is 0.360 e. The maximum Gasteiger partial charge on any atom is 0.182 e. The fourth-order valence-corrected chi connectivity index (χ4v) is 3.04. The van der Waals surface area contributed by atoms with Gasteiger partial charge in [0.2, 0.25) is 0 Å². The van der Waals surface area contributed by atoms with Crippen LogP contribution in [0.4, 0.5) is 5.13 Å². The maximum absolute atomic E-state index is 4.58. The van der Waals surface area contributed by atoms with E-state index in [1.54, 1.807) is 11.3 Å². The van der Waals surface area contributed by atoms with Gasteiger partial charge in [-0.3, -0.25) is 0 Å². The first kappa shape index (κ1) is 12.8. The van der Waals surface area contributed by atoms with Gasteiger partial charge in [-0.25, -0.2) is 4.98 Å². The summed E-state index contributed by atoms with van der Waals surface area (Å²) in [6.45, 7) is 9.09. The number of nitrogens with zero attached hydrogens (tertiary/aromatic N) is 2. The normalized spacial score (nSPS) is 17.6. The molecule has 0 amide bonds. The minimum Gasteiger partial charge on any atom is -0.360 e. The monoisotopic (exact) mass is 253 g/mol. The van der Waals surface area contributed by atoms with E-state index >= 15 is 0 Å². The number of thiazole rings is 1. The van der Waals surface area contributed by atoms with Crippen molar-refractivity contribution in [3.8, 4) is 0 Å². The third-order valence-electron chi connectivity index (χ3n) is 3.27. The molecular formula is C13H23N3S. The molecule has 0 atom stereocenters. The number of aromatic nitrogens is 1. The van der Waals surface area contributed by atoms with Gasteiger partial charge >= 0.3 is 0 Å². The van der Waals surface area contributed by atoms with Gasteiger partial charge in [0.15, 0.2) is 5.13 Å². The number of rotatable bonds is 5. The van der Waals surface area contributed by atoms with Gasteiger partial charge in [-0.15, -0.1) is 11.3 Å². The van der Waals surface area contributed by atoms with E-state index in [0.29, 0.717) is 5.92 Å². The highest BCUT2D eigenvalue weighted by molar-refractivity contribution is 7.13. The van der Waals surface area contributed by atoms with Crippen LogP contribution in [0.5, 0.6) is 0 Å². The molecule has 0 unspecified atom stereocenters. The molecule has 1 aromatic heterocycles. The third-order valence-corrected chi connectivity index (χ3v) is 4.08. The van der Waals surface area contributed by atoms with Gasteiger partial charge in [0.05, 0.1) is 5.69 Å². The van der Waals surface area contributed by atoms with Crippen LogP contribution >= 0.6 is 11.3 Å². The molecule has 0 aromatic carbocycles. The Morgan fingerprint density at radius 2 is 2.12 bits per heavy atom. The van der Waals surface area contributed by atoms with Crippen molar-refractivity contribution in [1.29, 1.82) is 0 Å². The molecule has 1 fully saturated rings. The molecule has 4 heteroatoms. The Bertz CT molecular complexity index is 329. The smallest absolute Gasteiger partial charge is 0.182 e. The highest BCUT2D eigenvalue weighted by Crippen LogP contribution is 2.21. The Morgan fingerprint density at radius 3 is 2.76 bits per heavy atom. The van der Waals surface area contributed by atoms with E-state index in [-0.39, 0.29) is 0 Å². The zero-order chi connectivity index (χ0) is 12.1. The number of likely N-dealkylation sites (tertiary alicyclic amines) is 1. The van der Waals surface area contributed by atoms with Crippen molar-refractivity contribution in [3.05, 3.63) is 11.1 Å². The SMILES string of the molecule is CC(C)c1csc(NCCN2CCCCC2)n1. The first-order chi connectivity index (χ1) is 8.25. The predicted molar refractivity (Wildman–Crippen MR) is 75.0 cm³/mol. The number of hydrogen-bond donors (Lipinski definition) is 1. The summed E-state index contributed by atoms with van der Waals surface area (Å²) in [4.78, 5) is 7.13. The summed E-state index contributed by atoms with van der Waals surface area (Å²) in [5, 5.41) is 6.67. The lowest BCUT2D eigenvalue weighted by molar-refractivity contribution is 0.237. The van der Waals surface area contributed by atoms with E-state index in [9.17, 15) is 0 Å². The molecule has 0 aliphatic carbocycles. The second kappa shape index (κ2) is 6.36. The second-order valence-electron chi connectivity index (χ2n) is 5.06. The van der Waals surface area contributed by atoms with Crippen molar-refractivity contribution >= 4 is 16.5 Å². The van der Waals surface area contributed by atoms with Crippen LogP contribution in [0.3, 0.4) is 0 Å². The third kappa shape index (κ3) is 3.96. The summed E-state index contributed by atoms with van der Waals surface area (Å²) in [6.07, 6.45) is 4.15. The molecule has 17 heavy (non-hydrogen) atoms. The van der Waals surface area contributed by atoms with Crippen LogP contribution in [-0.2, 0) is 0 Å². The molecule has 1 saturated heterocycles. The van der Waals surface area contributed by atoms with Crippen molar-refractivity contribution < 1.29 is 0 Å². The second-order valence-corrected chi connectivity index (χ2v) is 5.92. The zero-order valence-corrected chi connectivity index (χ0v) is 11.7. The van der Waals surface area contributed by atoms with E-state index in [4.69, 9.17) is 0 Å². The lowest BCUT2D eigenvalue weighted by Gasteiger charge is -2.26. The van der Waals surface area contributed by atoms with Crippen molar-refractivity contribution in [3.63, 3.8) is 0 Å². The summed E-state index contributed by atoms with van der Waals surface area (Å²) in [5.41, 5.74) is 1.20. The molecule has 1 aliphatic heterocycles. The van der Waals surface area contributed by atoms with Crippen molar-refractivity contribution in [2.75, 3.05) is 31.5 Å². The molecule has 1 aromatic rings. The summed E-state index contributed by atoms with van der Waals surface area (Å²) in [6, 6.07) is 0. The summed E-state index contributed by atoms with van der Waals surface area (Å²) < 4.78 is 0. The summed E-state index contributed by atoms with van der Waals surface area (Å²) in [7, 11) is 0. The standard InChI is InChI=1S/C13H23N3S/c1-11(2)12-10-17-13(15-12)14-6-9-16-7-4-3-5-8-16/h10-11H,3-9H2,1-2H3,(H,14,15). The van der Waals surface area contributed by atoms with Gasteiger partial charge < -0.3 is 10.2 Å². The van der Waals surface area contributed by atoms with Crippen molar-refractivity contribution in [2.24, 2.45) is 0 Å². The van der Waals surface area contributed by atoms with Crippen molar-refractivity contribution in [1.82, 2.24) is 9.88 Å². The van der Waals surface area contributed by atoms with E-state index in [1.807, 2.05) is 0 Å². The van der Waals surface area contributed by atoms with E-state index < -0.39 is 0 Å². The first-order valence-corrected chi connectivity index (χ1v) is 7.55. The minimum atomic E-state index is 0.531. The number of piperidine rings is 1. The average Bonchev–Trinajstić information content (AvgIpc) is 2.79. The van der Waals surface area contributed by atoms with Crippen LogP contribution in [0.25, 0.3) is 0 Å². The Hall–Kier alpha value is -0.610. The Balaban J connectivity index is 1.70. The van der Waals surface area contributed by atoms with Gasteiger partial charge in [-0.2, -0.15) is 0 Å². The zero-order valence-electron chi connectivity index (χ0n) is 10.9. The van der Waals surface area contributed by atoms with Crippen LogP contribution in [0.2, 0.25) is 0 Å². The molecule has 0 spiro atoms. The summed E-state index contributed by atoms with van der Waals surface area (Å²) >= 11 is 1.72. The molecule has 1 aliphatic rings. The number of anilines is 1. The first-order valence-electron chi connectivity index (χ1n) is 6.67. The quantitative estimate of drug-likeness (QED) is 0.873. The minimum absolute atomic E-state index is 0.531. The lowest BCUT2D eigenvalue weighted by atomic mass is 10.1. The van der Waals surface area contributed by atoms with Gasteiger partial charge in [-0.05, 0) is 31.8 Å². The highest BCUT2D eigenvalue weighted by Gasteiger charge is 2.09. The van der Waals surface area contributed by atoms with Crippen LogP contribution in [0, 0.1) is 0 Å². The molecule has 2 rings (SSSR count). The fraction of sp³-hybridized carbons (Fsp3) is 0.769. The van der Waals surface area contributed by atoms with Gasteiger partial charge in [0.1, 0.15) is 0 Å². The van der Waals surface area contributed by atoms with E-state index in [1.165, 1.54) is 38.0 Å². The van der Waals surface area contributed by atoms with Crippen molar-refractivity contribution in [2.45, 2.75) is 39.0 Å². The fourth-order valence-electron chi connectivity index (χ4n) is 2.14. The molecule has 2 heterocycles.